The summed E-state index contributed by atoms with van der Waals surface area (Å²) in [5, 5.41) is 23.5. The summed E-state index contributed by atoms with van der Waals surface area (Å²) in [5.74, 6) is -3.92. The number of aliphatic hydroxyl groups excluding tert-OH is 2. The number of ether oxygens (including phenoxy) is 8. The molecular weight excluding hydrogens is 1160 g/mol. The highest BCUT2D eigenvalue weighted by Gasteiger charge is 2.64. The van der Waals surface area contributed by atoms with Gasteiger partial charge in [-0.05, 0) is 159 Å². The van der Waals surface area contributed by atoms with Crippen molar-refractivity contribution in [3.8, 4) is 0 Å². The van der Waals surface area contributed by atoms with E-state index >= 15 is 0 Å². The number of Topliss-reactive ketones (excluding diaryl/α,β-unsaturated/α-hetero) is 2. The number of ketones is 2. The molecule has 0 aromatic heterocycles. The smallest absolute Gasteiger partial charge is 0.338 e. The Bertz CT molecular complexity index is 3330. The molecule has 11 rings (SSSR count). The molecule has 0 spiro atoms. The van der Waals surface area contributed by atoms with E-state index in [0.29, 0.717) is 36.2 Å². The van der Waals surface area contributed by atoms with Crippen molar-refractivity contribution >= 4 is 41.4 Å². The zero-order valence-electron chi connectivity index (χ0n) is 52.2. The molecule has 0 amide bonds. The average Bonchev–Trinajstić information content (AvgIpc) is 1.66. The van der Waals surface area contributed by atoms with Crippen LogP contribution in [0.15, 0.2) is 152 Å². The number of hydrogen-bond acceptors (Lipinski definition) is 17. The quantitative estimate of drug-likeness (QED) is 0.0513. The van der Waals surface area contributed by atoms with E-state index in [1.165, 1.54) is 0 Å². The van der Waals surface area contributed by atoms with E-state index in [-0.39, 0.29) is 95.3 Å². The second-order valence-electron chi connectivity index (χ2n) is 26.8. The number of aliphatic hydroxyl groups is 2. The van der Waals surface area contributed by atoms with Crippen LogP contribution >= 0.6 is 0 Å². The van der Waals surface area contributed by atoms with Crippen molar-refractivity contribution in [2.45, 2.75) is 153 Å². The van der Waals surface area contributed by atoms with Crippen molar-refractivity contribution in [3.63, 3.8) is 0 Å². The van der Waals surface area contributed by atoms with E-state index < -0.39 is 96.6 Å². The summed E-state index contributed by atoms with van der Waals surface area (Å²) in [5.41, 5.74) is 0.963. The lowest BCUT2D eigenvalue weighted by Gasteiger charge is -2.61. The summed E-state index contributed by atoms with van der Waals surface area (Å²) in [7, 11) is 0. The lowest BCUT2D eigenvalue weighted by molar-refractivity contribution is -0.270. The largest absolute Gasteiger partial charge is 0.462 e. The number of carbonyl (C=O) groups is 7. The van der Waals surface area contributed by atoms with Gasteiger partial charge in [-0.1, -0.05) is 119 Å². The van der Waals surface area contributed by atoms with E-state index in [9.17, 15) is 43.8 Å². The zero-order valence-corrected chi connectivity index (χ0v) is 52.2. The van der Waals surface area contributed by atoms with E-state index in [1.807, 2.05) is 13.8 Å². The van der Waals surface area contributed by atoms with Crippen LogP contribution in [0.4, 0.5) is 0 Å². The maximum atomic E-state index is 14.5. The first-order chi connectivity index (χ1) is 43.9. The number of rotatable bonds is 21. The highest BCUT2D eigenvalue weighted by Crippen LogP contribution is 2.68. The molecule has 5 aromatic carbocycles. The second kappa shape index (κ2) is 28.6. The molecule has 482 valence electrons. The van der Waals surface area contributed by atoms with E-state index in [2.05, 4.69) is 13.8 Å². The fourth-order valence-corrected chi connectivity index (χ4v) is 16.3. The maximum Gasteiger partial charge on any atom is 0.338 e. The van der Waals surface area contributed by atoms with Crippen molar-refractivity contribution in [2.24, 2.45) is 58.2 Å². The van der Waals surface area contributed by atoms with Gasteiger partial charge in [-0.15, -0.1) is 0 Å². The Morgan fingerprint density at radius 2 is 1.07 bits per heavy atom. The molecule has 5 saturated carbocycles. The van der Waals surface area contributed by atoms with Gasteiger partial charge in [-0.2, -0.15) is 0 Å². The third-order valence-corrected chi connectivity index (χ3v) is 21.3. The van der Waals surface area contributed by atoms with E-state index in [1.54, 1.807) is 152 Å². The zero-order chi connectivity index (χ0) is 64.0. The molecule has 91 heavy (non-hydrogen) atoms. The second-order valence-corrected chi connectivity index (χ2v) is 26.8. The van der Waals surface area contributed by atoms with Gasteiger partial charge in [0.05, 0.1) is 65.9 Å². The lowest BCUT2D eigenvalue weighted by Crippen LogP contribution is -2.58. The average molecular weight is 1250 g/mol. The van der Waals surface area contributed by atoms with E-state index in [0.717, 1.165) is 44.9 Å². The molecule has 0 radical (unpaired) electrons. The van der Waals surface area contributed by atoms with Crippen LogP contribution < -0.4 is 0 Å². The molecule has 6 fully saturated rings. The van der Waals surface area contributed by atoms with Crippen molar-refractivity contribution < 1.29 is 81.7 Å². The Morgan fingerprint density at radius 3 is 1.63 bits per heavy atom. The number of benzene rings is 5. The Hall–Kier alpha value is -7.41. The van der Waals surface area contributed by atoms with Gasteiger partial charge in [-0.3, -0.25) is 9.59 Å². The summed E-state index contributed by atoms with van der Waals surface area (Å²) in [6.45, 7) is 8.15. The van der Waals surface area contributed by atoms with Crippen molar-refractivity contribution in [1.82, 2.24) is 0 Å². The van der Waals surface area contributed by atoms with Crippen LogP contribution in [0.2, 0.25) is 0 Å². The minimum atomic E-state index is -1.40. The standard InChI is InChI=1S/C74H84O17/c1-44(41-85-72-66(91-71(83)50-28-18-9-19-29-50)64(89-69(81)48-24-14-7-15-25-48)60(43-86-72)88-68(80)47-22-12-6-13-23-47)30-33-57(75)45(2)61-58(76)40-56-54-32-31-52-39-53(34-36-73(52,3)55(54)35-37-74(56,61)4)87-59-38-51(42-84-67(79)46-20-10-5-11-21-46)62(77)65(63(59)78)90-70(82)49-26-16-8-17-27-49/h5-29,44-45,51-56,59-66,72,77-78H,30-43H2,1-4H3/t44-,45+,51?,52?,53?,54?,55?,56?,59+,60+,61?,62+,63?,64?,65?,66?,72+,73?,74?/m0/s1. The first-order valence-electron chi connectivity index (χ1n) is 32.5. The summed E-state index contributed by atoms with van der Waals surface area (Å²) < 4.78 is 49.1. The summed E-state index contributed by atoms with van der Waals surface area (Å²) >= 11 is 0. The molecule has 1 heterocycles. The van der Waals surface area contributed by atoms with Crippen molar-refractivity contribution in [3.05, 3.63) is 179 Å². The van der Waals surface area contributed by atoms with Crippen LogP contribution in [-0.2, 0) is 47.5 Å². The fourth-order valence-electron chi connectivity index (χ4n) is 16.3. The van der Waals surface area contributed by atoms with E-state index in [4.69, 9.17) is 37.9 Å². The van der Waals surface area contributed by atoms with Gasteiger partial charge in [0.15, 0.2) is 30.7 Å². The van der Waals surface area contributed by atoms with Gasteiger partial charge >= 0.3 is 29.8 Å². The van der Waals surface area contributed by atoms with Gasteiger partial charge in [0.1, 0.15) is 17.7 Å². The predicted octanol–water partition coefficient (Wildman–Crippen LogP) is 11.1. The van der Waals surface area contributed by atoms with Gasteiger partial charge < -0.3 is 48.1 Å². The molecule has 5 aromatic rings. The van der Waals surface area contributed by atoms with Gasteiger partial charge in [0.2, 0.25) is 0 Å². The highest BCUT2D eigenvalue weighted by atomic mass is 16.7. The molecule has 6 aliphatic rings. The predicted molar refractivity (Wildman–Crippen MR) is 332 cm³/mol. The summed E-state index contributed by atoms with van der Waals surface area (Å²) in [6.07, 6.45) is -2.95. The minimum Gasteiger partial charge on any atom is -0.462 e. The van der Waals surface area contributed by atoms with Crippen LogP contribution in [0, 0.1) is 58.2 Å². The minimum absolute atomic E-state index is 0.0144. The molecule has 5 aliphatic carbocycles. The Balaban J connectivity index is 0.708. The molecule has 17 nitrogen and oxygen atoms in total. The maximum absolute atomic E-state index is 14.5. The number of esters is 5. The SMILES string of the molecule is C[C@@H](CCC(=O)[C@@H](C)C1C(=O)CC2C3CCC4CC(O[C@@H]5CC(COC(=O)c6ccccc6)[C@@H](O)C(OC(=O)c6ccccc6)C5O)CCC4(C)C3CCC21C)CO[C@@H]1OC[C@@H](OC(=O)c2ccccc2)C(OC(=O)c2ccccc2)C1OC(=O)c1ccccc1. The molecule has 17 heteroatoms. The number of carbonyl (C=O) groups excluding carboxylic acids is 7. The normalized spacial score (nSPS) is 32.5. The van der Waals surface area contributed by atoms with Gasteiger partial charge in [0, 0.05) is 30.6 Å². The summed E-state index contributed by atoms with van der Waals surface area (Å²) in [4.78, 5) is 96.4. The topological polar surface area (TPSA) is 234 Å². The molecule has 2 N–H and O–H groups in total. The first-order valence-corrected chi connectivity index (χ1v) is 32.5. The first kappa shape index (κ1) is 65.1. The third kappa shape index (κ3) is 14.3. The lowest BCUT2D eigenvalue weighted by atomic mass is 9.44. The molecule has 0 bridgehead atoms. The van der Waals surface area contributed by atoms with Crippen LogP contribution in [0.1, 0.15) is 150 Å². The van der Waals surface area contributed by atoms with Crippen LogP contribution in [0.3, 0.4) is 0 Å². The molecule has 1 aliphatic heterocycles. The van der Waals surface area contributed by atoms with Crippen LogP contribution in [-0.4, -0.2) is 127 Å². The number of hydrogen-bond donors (Lipinski definition) is 2. The van der Waals surface area contributed by atoms with Crippen molar-refractivity contribution in [2.75, 3.05) is 19.8 Å². The van der Waals surface area contributed by atoms with Crippen molar-refractivity contribution in [1.29, 1.82) is 0 Å². The monoisotopic (exact) mass is 1240 g/mol. The van der Waals surface area contributed by atoms with Gasteiger partial charge in [-0.25, -0.2) is 24.0 Å². The Morgan fingerprint density at radius 1 is 0.560 bits per heavy atom. The van der Waals surface area contributed by atoms with Gasteiger partial charge in [0.25, 0.3) is 0 Å². The van der Waals surface area contributed by atoms with Crippen LogP contribution in [0.25, 0.3) is 0 Å². The molecular formula is C74H84O17. The Labute approximate surface area is 531 Å². The molecule has 19 atom stereocenters. The highest BCUT2D eigenvalue weighted by molar-refractivity contribution is 5.93. The molecule has 1 saturated heterocycles. The molecule has 13 unspecified atom stereocenters. The summed E-state index contributed by atoms with van der Waals surface area (Å²) in [6, 6.07) is 41.9. The van der Waals surface area contributed by atoms with Crippen LogP contribution in [0.5, 0.6) is 0 Å². The fraction of sp³-hybridized carbons (Fsp3) is 0.500. The third-order valence-electron chi connectivity index (χ3n) is 21.3. The Kier molecular flexibility index (Phi) is 20.5. The number of fused-ring (bicyclic) bond motifs is 5.